The van der Waals surface area contributed by atoms with Crippen LogP contribution in [0.2, 0.25) is 0 Å². The van der Waals surface area contributed by atoms with Crippen molar-refractivity contribution in [3.05, 3.63) is 42.5 Å². The van der Waals surface area contributed by atoms with Gasteiger partial charge in [0.25, 0.3) is 0 Å². The lowest BCUT2D eigenvalue weighted by Gasteiger charge is -2.13. The molecule has 1 rings (SSSR count). The zero-order chi connectivity index (χ0) is 11.4. The first-order valence-electron chi connectivity index (χ1n) is 5.00. The quantitative estimate of drug-likeness (QED) is 0.554. The SMILES string of the molecule is C=CC(C)C(=O)c1ccc(N(C)C)cc1. The van der Waals surface area contributed by atoms with E-state index in [0.717, 1.165) is 11.3 Å². The van der Waals surface area contributed by atoms with Gasteiger partial charge in [-0.25, -0.2) is 0 Å². The molecule has 0 amide bonds. The van der Waals surface area contributed by atoms with Crippen LogP contribution in [-0.4, -0.2) is 19.9 Å². The molecule has 0 bridgehead atoms. The fourth-order valence-corrected chi connectivity index (χ4v) is 1.29. The number of ketones is 1. The molecule has 0 saturated carbocycles. The fraction of sp³-hybridized carbons (Fsp3) is 0.308. The summed E-state index contributed by atoms with van der Waals surface area (Å²) in [6.07, 6.45) is 1.67. The van der Waals surface area contributed by atoms with Crippen LogP contribution in [0.15, 0.2) is 36.9 Å². The van der Waals surface area contributed by atoms with Crippen molar-refractivity contribution in [1.29, 1.82) is 0 Å². The Hall–Kier alpha value is -1.57. The Balaban J connectivity index is 2.89. The average molecular weight is 203 g/mol. The molecule has 1 aromatic carbocycles. The van der Waals surface area contributed by atoms with Gasteiger partial charge in [-0.2, -0.15) is 0 Å². The van der Waals surface area contributed by atoms with E-state index in [9.17, 15) is 4.79 Å². The minimum absolute atomic E-state index is 0.116. The van der Waals surface area contributed by atoms with Crippen molar-refractivity contribution in [2.24, 2.45) is 5.92 Å². The van der Waals surface area contributed by atoms with Crippen LogP contribution >= 0.6 is 0 Å². The van der Waals surface area contributed by atoms with Crippen molar-refractivity contribution in [3.63, 3.8) is 0 Å². The molecule has 0 heterocycles. The van der Waals surface area contributed by atoms with Gasteiger partial charge in [0.1, 0.15) is 0 Å². The Bertz CT molecular complexity index is 351. The number of anilines is 1. The van der Waals surface area contributed by atoms with Crippen molar-refractivity contribution >= 4 is 11.5 Å². The van der Waals surface area contributed by atoms with Gasteiger partial charge < -0.3 is 4.90 Å². The van der Waals surface area contributed by atoms with Gasteiger partial charge in [-0.3, -0.25) is 4.79 Å². The third-order valence-corrected chi connectivity index (χ3v) is 2.44. The first-order chi connectivity index (χ1) is 7.06. The highest BCUT2D eigenvalue weighted by Gasteiger charge is 2.11. The number of hydrogen-bond acceptors (Lipinski definition) is 2. The van der Waals surface area contributed by atoms with Crippen LogP contribution in [0.4, 0.5) is 5.69 Å². The molecule has 2 nitrogen and oxygen atoms in total. The molecule has 0 radical (unpaired) electrons. The first-order valence-corrected chi connectivity index (χ1v) is 5.00. The number of Topliss-reactive ketones (excluding diaryl/α,β-unsaturated/α-hetero) is 1. The molecule has 80 valence electrons. The Morgan fingerprint density at radius 2 is 1.87 bits per heavy atom. The molecular formula is C13H17NO. The maximum absolute atomic E-state index is 11.8. The van der Waals surface area contributed by atoms with Crippen LogP contribution in [-0.2, 0) is 0 Å². The Morgan fingerprint density at radius 1 is 1.33 bits per heavy atom. The molecule has 15 heavy (non-hydrogen) atoms. The number of carbonyl (C=O) groups is 1. The summed E-state index contributed by atoms with van der Waals surface area (Å²) in [6.45, 7) is 5.48. The normalized spacial score (nSPS) is 11.9. The van der Waals surface area contributed by atoms with Gasteiger partial charge in [-0.05, 0) is 24.3 Å². The maximum Gasteiger partial charge on any atom is 0.169 e. The predicted molar refractivity (Wildman–Crippen MR) is 64.5 cm³/mol. The van der Waals surface area contributed by atoms with E-state index in [-0.39, 0.29) is 11.7 Å². The molecule has 0 aliphatic carbocycles. The van der Waals surface area contributed by atoms with Gasteiger partial charge in [0.15, 0.2) is 5.78 Å². The van der Waals surface area contributed by atoms with Gasteiger partial charge in [0.2, 0.25) is 0 Å². The van der Waals surface area contributed by atoms with Crippen molar-refractivity contribution in [3.8, 4) is 0 Å². The molecular weight excluding hydrogens is 186 g/mol. The highest BCUT2D eigenvalue weighted by atomic mass is 16.1. The monoisotopic (exact) mass is 203 g/mol. The molecule has 1 unspecified atom stereocenters. The number of hydrogen-bond donors (Lipinski definition) is 0. The molecule has 0 spiro atoms. The van der Waals surface area contributed by atoms with Crippen LogP contribution < -0.4 is 4.90 Å². The zero-order valence-corrected chi connectivity index (χ0v) is 9.53. The highest BCUT2D eigenvalue weighted by Crippen LogP contribution is 2.15. The largest absolute Gasteiger partial charge is 0.378 e. The second-order valence-corrected chi connectivity index (χ2v) is 3.83. The van der Waals surface area contributed by atoms with E-state index < -0.39 is 0 Å². The van der Waals surface area contributed by atoms with Crippen LogP contribution in [0.25, 0.3) is 0 Å². The van der Waals surface area contributed by atoms with Crippen molar-refractivity contribution in [1.82, 2.24) is 0 Å². The molecule has 1 atom stereocenters. The summed E-state index contributed by atoms with van der Waals surface area (Å²) >= 11 is 0. The highest BCUT2D eigenvalue weighted by molar-refractivity contribution is 5.98. The molecule has 0 saturated heterocycles. The van der Waals surface area contributed by atoms with E-state index >= 15 is 0 Å². The number of rotatable bonds is 4. The molecule has 0 aliphatic heterocycles. The number of carbonyl (C=O) groups excluding carboxylic acids is 1. The van der Waals surface area contributed by atoms with Crippen molar-refractivity contribution in [2.45, 2.75) is 6.92 Å². The summed E-state index contributed by atoms with van der Waals surface area (Å²) in [5, 5.41) is 0. The summed E-state index contributed by atoms with van der Waals surface area (Å²) < 4.78 is 0. The van der Waals surface area contributed by atoms with Crippen LogP contribution in [0, 0.1) is 5.92 Å². The van der Waals surface area contributed by atoms with Crippen LogP contribution in [0.3, 0.4) is 0 Å². The summed E-state index contributed by atoms with van der Waals surface area (Å²) in [7, 11) is 3.95. The zero-order valence-electron chi connectivity index (χ0n) is 9.53. The van der Waals surface area contributed by atoms with E-state index in [4.69, 9.17) is 0 Å². The van der Waals surface area contributed by atoms with Crippen LogP contribution in [0.5, 0.6) is 0 Å². The summed E-state index contributed by atoms with van der Waals surface area (Å²) in [5.41, 5.74) is 1.84. The maximum atomic E-state index is 11.8. The van der Waals surface area contributed by atoms with E-state index in [1.54, 1.807) is 6.08 Å². The summed E-state index contributed by atoms with van der Waals surface area (Å²) in [6, 6.07) is 7.61. The minimum atomic E-state index is -0.116. The van der Waals surface area contributed by atoms with Gasteiger partial charge in [0.05, 0.1) is 0 Å². The van der Waals surface area contributed by atoms with Crippen molar-refractivity contribution < 1.29 is 4.79 Å². The number of benzene rings is 1. The van der Waals surface area contributed by atoms with Gasteiger partial charge >= 0.3 is 0 Å². The third-order valence-electron chi connectivity index (χ3n) is 2.44. The van der Waals surface area contributed by atoms with E-state index in [2.05, 4.69) is 6.58 Å². The Labute approximate surface area is 91.2 Å². The molecule has 0 fully saturated rings. The second kappa shape index (κ2) is 4.78. The van der Waals surface area contributed by atoms with E-state index in [1.165, 1.54) is 0 Å². The fourth-order valence-electron chi connectivity index (χ4n) is 1.29. The minimum Gasteiger partial charge on any atom is -0.378 e. The van der Waals surface area contributed by atoms with E-state index in [0.29, 0.717) is 0 Å². The standard InChI is InChI=1S/C13H17NO/c1-5-10(2)13(15)11-6-8-12(9-7-11)14(3)4/h5-10H,1H2,2-4H3. The van der Waals surface area contributed by atoms with Gasteiger partial charge in [-0.15, -0.1) is 6.58 Å². The average Bonchev–Trinajstić information content (AvgIpc) is 2.27. The van der Waals surface area contributed by atoms with E-state index in [1.807, 2.05) is 50.2 Å². The summed E-state index contributed by atoms with van der Waals surface area (Å²) in [4.78, 5) is 13.8. The Morgan fingerprint density at radius 3 is 2.27 bits per heavy atom. The topological polar surface area (TPSA) is 20.3 Å². The lowest BCUT2D eigenvalue weighted by molar-refractivity contribution is 0.0953. The lowest BCUT2D eigenvalue weighted by atomic mass is 9.99. The predicted octanol–water partition coefficient (Wildman–Crippen LogP) is 2.76. The number of nitrogens with zero attached hydrogens (tertiary/aromatic N) is 1. The summed E-state index contributed by atoms with van der Waals surface area (Å²) in [5.74, 6) is 0.00510. The first kappa shape index (κ1) is 11.5. The van der Waals surface area contributed by atoms with Crippen LogP contribution in [0.1, 0.15) is 17.3 Å². The second-order valence-electron chi connectivity index (χ2n) is 3.83. The molecule has 0 aliphatic rings. The molecule has 0 aromatic heterocycles. The smallest absolute Gasteiger partial charge is 0.169 e. The molecule has 2 heteroatoms. The van der Waals surface area contributed by atoms with Gasteiger partial charge in [-0.1, -0.05) is 13.0 Å². The molecule has 0 N–H and O–H groups in total. The van der Waals surface area contributed by atoms with Crippen molar-refractivity contribution in [2.75, 3.05) is 19.0 Å². The number of allylic oxidation sites excluding steroid dienone is 1. The molecule has 1 aromatic rings. The Kier molecular flexibility index (Phi) is 3.67. The lowest BCUT2D eigenvalue weighted by Crippen LogP contribution is -2.11. The van der Waals surface area contributed by atoms with Gasteiger partial charge in [0, 0.05) is 31.3 Å². The third kappa shape index (κ3) is 2.69.